The number of hydrogen-bond acceptors (Lipinski definition) is 4. The van der Waals surface area contributed by atoms with E-state index in [1.54, 1.807) is 11.3 Å². The molecule has 1 aromatic heterocycles. The minimum atomic E-state index is 0.687. The highest BCUT2D eigenvalue weighted by Gasteiger charge is 2.19. The first-order valence-corrected chi connectivity index (χ1v) is 9.63. The molecule has 1 aliphatic rings. The van der Waals surface area contributed by atoms with Gasteiger partial charge in [0.15, 0.2) is 5.96 Å². The number of likely N-dealkylation sites (tertiary alicyclic amines) is 1. The normalized spacial score (nSPS) is 19.8. The van der Waals surface area contributed by atoms with Gasteiger partial charge in [-0.15, -0.1) is 11.3 Å². The zero-order valence-electron chi connectivity index (χ0n) is 15.0. The smallest absolute Gasteiger partial charge is 0.194 e. The summed E-state index contributed by atoms with van der Waals surface area (Å²) in [5.41, 5.74) is 1.12. The van der Waals surface area contributed by atoms with E-state index in [2.05, 4.69) is 53.3 Å². The van der Waals surface area contributed by atoms with E-state index < -0.39 is 0 Å². The zero-order valence-corrected chi connectivity index (χ0v) is 15.8. The molecule has 1 aromatic rings. The van der Waals surface area contributed by atoms with Gasteiger partial charge in [0, 0.05) is 32.1 Å². The number of piperidine rings is 1. The Bertz CT molecular complexity index is 499. The van der Waals surface area contributed by atoms with Crippen LogP contribution in [0.5, 0.6) is 0 Å². The van der Waals surface area contributed by atoms with Gasteiger partial charge in [0.05, 0.1) is 17.2 Å². The molecule has 0 radical (unpaired) electrons. The third-order valence-corrected chi connectivity index (χ3v) is 5.13. The van der Waals surface area contributed by atoms with Gasteiger partial charge in [-0.25, -0.2) is 4.98 Å². The van der Waals surface area contributed by atoms with E-state index in [-0.39, 0.29) is 0 Å². The molecule has 1 saturated heterocycles. The lowest BCUT2D eigenvalue weighted by atomic mass is 9.98. The molecule has 2 heterocycles. The fourth-order valence-corrected chi connectivity index (χ4v) is 3.68. The van der Waals surface area contributed by atoms with Crippen molar-refractivity contribution in [1.29, 1.82) is 0 Å². The SMILES string of the molecule is CCNC(=NCC1CCCN(CC)C1)N(C)Cc1csc(C)n1. The molecule has 0 saturated carbocycles. The lowest BCUT2D eigenvalue weighted by molar-refractivity contribution is 0.186. The highest BCUT2D eigenvalue weighted by molar-refractivity contribution is 7.09. The summed E-state index contributed by atoms with van der Waals surface area (Å²) in [5, 5.41) is 6.67. The van der Waals surface area contributed by atoms with Crippen LogP contribution in [0.1, 0.15) is 37.4 Å². The lowest BCUT2D eigenvalue weighted by Gasteiger charge is -2.31. The molecular formula is C17H31N5S. The Morgan fingerprint density at radius 1 is 1.52 bits per heavy atom. The van der Waals surface area contributed by atoms with Crippen LogP contribution in [0.25, 0.3) is 0 Å². The Kier molecular flexibility index (Phi) is 7.30. The summed E-state index contributed by atoms with van der Waals surface area (Å²) in [7, 11) is 2.09. The van der Waals surface area contributed by atoms with E-state index in [4.69, 9.17) is 4.99 Å². The van der Waals surface area contributed by atoms with Crippen molar-refractivity contribution in [2.75, 3.05) is 39.8 Å². The van der Waals surface area contributed by atoms with E-state index in [1.165, 1.54) is 25.9 Å². The van der Waals surface area contributed by atoms with Crippen molar-refractivity contribution in [1.82, 2.24) is 20.1 Å². The second-order valence-corrected chi connectivity index (χ2v) is 7.37. The molecule has 23 heavy (non-hydrogen) atoms. The molecule has 1 atom stereocenters. The third-order valence-electron chi connectivity index (χ3n) is 4.31. The first kappa shape index (κ1) is 18.2. The molecule has 6 heteroatoms. The minimum absolute atomic E-state index is 0.687. The van der Waals surface area contributed by atoms with Gasteiger partial charge in [0.1, 0.15) is 0 Å². The Morgan fingerprint density at radius 2 is 2.35 bits per heavy atom. The first-order valence-electron chi connectivity index (χ1n) is 8.75. The largest absolute Gasteiger partial charge is 0.357 e. The second-order valence-electron chi connectivity index (χ2n) is 6.31. The molecule has 1 fully saturated rings. The third kappa shape index (κ3) is 5.77. The maximum atomic E-state index is 4.89. The van der Waals surface area contributed by atoms with Crippen LogP contribution in [0.4, 0.5) is 0 Å². The minimum Gasteiger partial charge on any atom is -0.357 e. The summed E-state index contributed by atoms with van der Waals surface area (Å²) >= 11 is 1.71. The number of rotatable bonds is 6. The van der Waals surface area contributed by atoms with Gasteiger partial charge in [-0.2, -0.15) is 0 Å². The molecule has 0 bridgehead atoms. The highest BCUT2D eigenvalue weighted by atomic mass is 32.1. The fourth-order valence-electron chi connectivity index (χ4n) is 3.07. The Morgan fingerprint density at radius 3 is 3.00 bits per heavy atom. The maximum absolute atomic E-state index is 4.89. The van der Waals surface area contributed by atoms with Crippen molar-refractivity contribution in [3.05, 3.63) is 16.1 Å². The summed E-state index contributed by atoms with van der Waals surface area (Å²) in [4.78, 5) is 14.2. The number of guanidine groups is 1. The predicted octanol–water partition coefficient (Wildman–Crippen LogP) is 2.58. The van der Waals surface area contributed by atoms with Crippen LogP contribution in [0.3, 0.4) is 0 Å². The van der Waals surface area contributed by atoms with E-state index in [0.717, 1.165) is 42.8 Å². The van der Waals surface area contributed by atoms with Gasteiger partial charge < -0.3 is 15.1 Å². The van der Waals surface area contributed by atoms with E-state index in [1.807, 2.05) is 0 Å². The van der Waals surface area contributed by atoms with Gasteiger partial charge in [0.2, 0.25) is 0 Å². The Hall–Kier alpha value is -1.14. The average Bonchev–Trinajstić information content (AvgIpc) is 2.96. The van der Waals surface area contributed by atoms with E-state index >= 15 is 0 Å². The van der Waals surface area contributed by atoms with Crippen LogP contribution in [0.15, 0.2) is 10.4 Å². The van der Waals surface area contributed by atoms with Crippen LogP contribution in [0, 0.1) is 12.8 Å². The summed E-state index contributed by atoms with van der Waals surface area (Å²) in [5.74, 6) is 1.68. The van der Waals surface area contributed by atoms with Crippen molar-refractivity contribution >= 4 is 17.3 Å². The van der Waals surface area contributed by atoms with Crippen molar-refractivity contribution in [2.24, 2.45) is 10.9 Å². The number of aryl methyl sites for hydroxylation is 1. The maximum Gasteiger partial charge on any atom is 0.194 e. The molecule has 1 N–H and O–H groups in total. The molecule has 1 aliphatic heterocycles. The van der Waals surface area contributed by atoms with Gasteiger partial charge >= 0.3 is 0 Å². The number of aliphatic imine (C=N–C) groups is 1. The number of nitrogens with one attached hydrogen (secondary N) is 1. The molecule has 0 aliphatic carbocycles. The molecule has 0 amide bonds. The topological polar surface area (TPSA) is 43.8 Å². The molecule has 130 valence electrons. The molecular weight excluding hydrogens is 306 g/mol. The van der Waals surface area contributed by atoms with Crippen molar-refractivity contribution in [3.8, 4) is 0 Å². The standard InChI is InChI=1S/C17H31N5S/c1-5-18-17(21(4)12-16-13-23-14(3)20-16)19-10-15-8-7-9-22(6-2)11-15/h13,15H,5-12H2,1-4H3,(H,18,19). The van der Waals surface area contributed by atoms with E-state index in [9.17, 15) is 0 Å². The molecule has 2 rings (SSSR count). The van der Waals surface area contributed by atoms with Crippen LogP contribution >= 0.6 is 11.3 Å². The second kappa shape index (κ2) is 9.23. The molecule has 0 aromatic carbocycles. The monoisotopic (exact) mass is 337 g/mol. The zero-order chi connectivity index (χ0) is 16.7. The Balaban J connectivity index is 1.93. The van der Waals surface area contributed by atoms with Crippen molar-refractivity contribution in [2.45, 2.75) is 40.2 Å². The Labute approximate surface area is 144 Å². The average molecular weight is 338 g/mol. The van der Waals surface area contributed by atoms with Gasteiger partial charge in [0.25, 0.3) is 0 Å². The quantitative estimate of drug-likeness (QED) is 0.640. The van der Waals surface area contributed by atoms with Crippen LogP contribution in [0.2, 0.25) is 0 Å². The fraction of sp³-hybridized carbons (Fsp3) is 0.765. The van der Waals surface area contributed by atoms with E-state index in [0.29, 0.717) is 5.92 Å². The first-order chi connectivity index (χ1) is 11.1. The summed E-state index contributed by atoms with van der Waals surface area (Å²) in [6.07, 6.45) is 2.60. The predicted molar refractivity (Wildman–Crippen MR) is 99.1 cm³/mol. The molecule has 1 unspecified atom stereocenters. The van der Waals surface area contributed by atoms with Gasteiger partial charge in [-0.05, 0) is 45.7 Å². The lowest BCUT2D eigenvalue weighted by Crippen LogP contribution is -2.40. The van der Waals surface area contributed by atoms with Crippen LogP contribution in [-0.2, 0) is 6.54 Å². The van der Waals surface area contributed by atoms with Crippen LogP contribution in [-0.4, -0.2) is 60.5 Å². The van der Waals surface area contributed by atoms with Crippen molar-refractivity contribution in [3.63, 3.8) is 0 Å². The number of aromatic nitrogens is 1. The number of nitrogens with zero attached hydrogens (tertiary/aromatic N) is 4. The van der Waals surface area contributed by atoms with Crippen molar-refractivity contribution < 1.29 is 0 Å². The van der Waals surface area contributed by atoms with Gasteiger partial charge in [-0.3, -0.25) is 4.99 Å². The number of hydrogen-bond donors (Lipinski definition) is 1. The summed E-state index contributed by atoms with van der Waals surface area (Å²) < 4.78 is 0. The molecule has 5 nitrogen and oxygen atoms in total. The van der Waals surface area contributed by atoms with Crippen LogP contribution < -0.4 is 5.32 Å². The number of thiazole rings is 1. The highest BCUT2D eigenvalue weighted by Crippen LogP contribution is 2.16. The summed E-state index contributed by atoms with van der Waals surface area (Å²) in [6, 6.07) is 0. The summed E-state index contributed by atoms with van der Waals surface area (Å²) in [6.45, 7) is 12.6. The molecule has 0 spiro atoms. The van der Waals surface area contributed by atoms with Gasteiger partial charge in [-0.1, -0.05) is 6.92 Å².